The number of nitrogens with zero attached hydrogens (tertiary/aromatic N) is 1. The Balaban J connectivity index is 2.44. The summed E-state index contributed by atoms with van der Waals surface area (Å²) in [4.78, 5) is 21.9. The molecule has 1 atom stereocenters. The number of aliphatic hydroxyl groups excluding tert-OH is 1. The van der Waals surface area contributed by atoms with Gasteiger partial charge in [-0.25, -0.2) is 0 Å². The van der Waals surface area contributed by atoms with Crippen molar-refractivity contribution in [2.75, 3.05) is 0 Å². The zero-order valence-corrected chi connectivity index (χ0v) is 12.4. The molecule has 7 nitrogen and oxygen atoms in total. The molecule has 0 aliphatic heterocycles. The van der Waals surface area contributed by atoms with Crippen LogP contribution >= 0.6 is 15.9 Å². The number of hydrogen-bond donors (Lipinski definition) is 4. The average molecular weight is 357 g/mol. The summed E-state index contributed by atoms with van der Waals surface area (Å²) < 4.78 is 0.682. The van der Waals surface area contributed by atoms with Crippen molar-refractivity contribution in [2.45, 2.75) is 19.4 Å². The number of H-pyrrole nitrogens is 1. The molecule has 1 aromatic heterocycles. The number of aromatic nitrogens is 2. The molecule has 2 aromatic rings. The van der Waals surface area contributed by atoms with Gasteiger partial charge < -0.3 is 15.3 Å². The number of rotatable bonds is 6. The highest BCUT2D eigenvalue weighted by atomic mass is 79.9. The molecule has 0 amide bonds. The van der Waals surface area contributed by atoms with E-state index in [9.17, 15) is 14.7 Å². The zero-order chi connectivity index (χ0) is 15.6. The lowest BCUT2D eigenvalue weighted by Gasteiger charge is -2.14. The SMILES string of the molecule is O=C(O)CC(Cc1cc(Br)c2[nH]ncc2c1CO)C(=O)O. The van der Waals surface area contributed by atoms with Crippen LogP contribution in [-0.4, -0.2) is 37.5 Å². The van der Waals surface area contributed by atoms with Gasteiger partial charge in [0, 0.05) is 9.86 Å². The van der Waals surface area contributed by atoms with Gasteiger partial charge in [-0.1, -0.05) is 0 Å². The lowest BCUT2D eigenvalue weighted by molar-refractivity contribution is -0.148. The molecular formula is C13H13BrN2O5. The van der Waals surface area contributed by atoms with E-state index in [2.05, 4.69) is 26.1 Å². The summed E-state index contributed by atoms with van der Waals surface area (Å²) >= 11 is 3.35. The van der Waals surface area contributed by atoms with E-state index in [0.717, 1.165) is 0 Å². The van der Waals surface area contributed by atoms with Gasteiger partial charge in [0.15, 0.2) is 0 Å². The van der Waals surface area contributed by atoms with E-state index in [-0.39, 0.29) is 13.0 Å². The quantitative estimate of drug-likeness (QED) is 0.622. The minimum atomic E-state index is -1.18. The number of fused-ring (bicyclic) bond motifs is 1. The summed E-state index contributed by atoms with van der Waals surface area (Å²) in [6, 6.07) is 1.68. The second kappa shape index (κ2) is 6.23. The summed E-state index contributed by atoms with van der Waals surface area (Å²) in [7, 11) is 0. The van der Waals surface area contributed by atoms with Crippen molar-refractivity contribution in [3.8, 4) is 0 Å². The highest BCUT2D eigenvalue weighted by molar-refractivity contribution is 9.10. The number of hydrogen-bond acceptors (Lipinski definition) is 4. The number of aliphatic hydroxyl groups is 1. The van der Waals surface area contributed by atoms with Crippen LogP contribution in [0.2, 0.25) is 0 Å². The van der Waals surface area contributed by atoms with E-state index < -0.39 is 24.3 Å². The topological polar surface area (TPSA) is 124 Å². The normalized spacial score (nSPS) is 12.5. The molecule has 8 heteroatoms. The van der Waals surface area contributed by atoms with E-state index in [0.29, 0.717) is 26.5 Å². The molecule has 1 unspecified atom stereocenters. The number of carbonyl (C=O) groups is 2. The maximum atomic E-state index is 11.2. The zero-order valence-electron chi connectivity index (χ0n) is 10.8. The van der Waals surface area contributed by atoms with Crippen LogP contribution in [0.4, 0.5) is 0 Å². The van der Waals surface area contributed by atoms with Gasteiger partial charge in [-0.3, -0.25) is 14.7 Å². The van der Waals surface area contributed by atoms with Crippen LogP contribution in [0.15, 0.2) is 16.7 Å². The molecule has 1 aromatic carbocycles. The van der Waals surface area contributed by atoms with Crippen LogP contribution in [0.1, 0.15) is 17.5 Å². The fraction of sp³-hybridized carbons (Fsp3) is 0.308. The van der Waals surface area contributed by atoms with Crippen molar-refractivity contribution >= 4 is 38.8 Å². The molecule has 0 saturated carbocycles. The van der Waals surface area contributed by atoms with Gasteiger partial charge in [0.25, 0.3) is 0 Å². The van der Waals surface area contributed by atoms with Crippen LogP contribution in [0.5, 0.6) is 0 Å². The number of nitrogens with one attached hydrogen (secondary N) is 1. The Labute approximate surface area is 127 Å². The molecule has 112 valence electrons. The molecule has 4 N–H and O–H groups in total. The first-order valence-corrected chi connectivity index (χ1v) is 6.92. The van der Waals surface area contributed by atoms with Crippen molar-refractivity contribution < 1.29 is 24.9 Å². The highest BCUT2D eigenvalue weighted by Crippen LogP contribution is 2.30. The Hall–Kier alpha value is -1.93. The molecule has 0 bridgehead atoms. The van der Waals surface area contributed by atoms with Gasteiger partial charge in [-0.2, -0.15) is 5.10 Å². The van der Waals surface area contributed by atoms with Gasteiger partial charge in [0.2, 0.25) is 0 Å². The summed E-state index contributed by atoms with van der Waals surface area (Å²) in [6.07, 6.45) is 1.10. The molecule has 0 aliphatic rings. The molecule has 0 radical (unpaired) electrons. The number of aromatic amines is 1. The average Bonchev–Trinajstić information content (AvgIpc) is 2.87. The Bertz CT molecular complexity index is 697. The van der Waals surface area contributed by atoms with Gasteiger partial charge in [-0.15, -0.1) is 0 Å². The number of carboxylic acids is 2. The van der Waals surface area contributed by atoms with Crippen molar-refractivity contribution in [1.29, 1.82) is 0 Å². The van der Waals surface area contributed by atoms with Crippen molar-refractivity contribution in [3.05, 3.63) is 27.9 Å². The molecule has 0 saturated heterocycles. The summed E-state index contributed by atoms with van der Waals surface area (Å²) in [5.74, 6) is -3.40. The monoisotopic (exact) mass is 356 g/mol. The van der Waals surface area contributed by atoms with Crippen molar-refractivity contribution in [3.63, 3.8) is 0 Å². The predicted octanol–water partition coefficient (Wildman–Crippen LogP) is 1.54. The summed E-state index contributed by atoms with van der Waals surface area (Å²) in [5.41, 5.74) is 1.85. The van der Waals surface area contributed by atoms with E-state index in [1.807, 2.05) is 0 Å². The van der Waals surface area contributed by atoms with Crippen LogP contribution in [0, 0.1) is 5.92 Å². The van der Waals surface area contributed by atoms with Gasteiger partial charge in [0.1, 0.15) is 0 Å². The number of aliphatic carboxylic acids is 2. The third-order valence-electron chi connectivity index (χ3n) is 3.29. The van der Waals surface area contributed by atoms with Crippen LogP contribution in [-0.2, 0) is 22.6 Å². The number of halogens is 1. The van der Waals surface area contributed by atoms with Crippen molar-refractivity contribution in [1.82, 2.24) is 10.2 Å². The first kappa shape index (κ1) is 15.5. The van der Waals surface area contributed by atoms with Crippen LogP contribution in [0.3, 0.4) is 0 Å². The largest absolute Gasteiger partial charge is 0.481 e. The Morgan fingerprint density at radius 2 is 2.10 bits per heavy atom. The maximum Gasteiger partial charge on any atom is 0.307 e. The van der Waals surface area contributed by atoms with Gasteiger partial charge in [-0.05, 0) is 39.5 Å². The Kier molecular flexibility index (Phi) is 4.59. The van der Waals surface area contributed by atoms with Crippen molar-refractivity contribution in [2.24, 2.45) is 5.92 Å². The van der Waals surface area contributed by atoms with Gasteiger partial charge in [0.05, 0.1) is 30.7 Å². The molecule has 21 heavy (non-hydrogen) atoms. The standard InChI is InChI=1S/C13H13BrN2O5/c14-10-2-6(1-7(13(20)21)3-11(18)19)9(5-17)8-4-15-16-12(8)10/h2,4,7,17H,1,3,5H2,(H,15,16)(H,18,19)(H,20,21). The highest BCUT2D eigenvalue weighted by Gasteiger charge is 2.24. The Morgan fingerprint density at radius 1 is 1.38 bits per heavy atom. The third kappa shape index (κ3) is 3.22. The molecule has 0 aliphatic carbocycles. The molecule has 0 fully saturated rings. The van der Waals surface area contributed by atoms with E-state index in [1.54, 1.807) is 12.3 Å². The van der Waals surface area contributed by atoms with E-state index >= 15 is 0 Å². The number of benzene rings is 1. The Morgan fingerprint density at radius 3 is 2.67 bits per heavy atom. The fourth-order valence-electron chi connectivity index (χ4n) is 2.27. The van der Waals surface area contributed by atoms with E-state index in [1.165, 1.54) is 0 Å². The van der Waals surface area contributed by atoms with Gasteiger partial charge >= 0.3 is 11.9 Å². The summed E-state index contributed by atoms with van der Waals surface area (Å²) in [5, 5.41) is 34.8. The lowest BCUT2D eigenvalue weighted by atomic mass is 9.92. The molecule has 1 heterocycles. The molecule has 0 spiro atoms. The first-order chi connectivity index (χ1) is 9.93. The lowest BCUT2D eigenvalue weighted by Crippen LogP contribution is -2.20. The van der Waals surface area contributed by atoms with E-state index in [4.69, 9.17) is 10.2 Å². The maximum absolute atomic E-state index is 11.2. The fourth-order valence-corrected chi connectivity index (χ4v) is 2.85. The molecular weight excluding hydrogens is 344 g/mol. The second-order valence-electron chi connectivity index (χ2n) is 4.65. The third-order valence-corrected chi connectivity index (χ3v) is 3.91. The summed E-state index contributed by atoms with van der Waals surface area (Å²) in [6.45, 7) is -0.280. The second-order valence-corrected chi connectivity index (χ2v) is 5.50. The minimum Gasteiger partial charge on any atom is -0.481 e. The smallest absolute Gasteiger partial charge is 0.307 e. The predicted molar refractivity (Wildman–Crippen MR) is 76.8 cm³/mol. The molecule has 2 rings (SSSR count). The minimum absolute atomic E-state index is 0.0250. The van der Waals surface area contributed by atoms with Crippen LogP contribution in [0.25, 0.3) is 10.9 Å². The van der Waals surface area contributed by atoms with Crippen LogP contribution < -0.4 is 0 Å². The first-order valence-electron chi connectivity index (χ1n) is 6.12. The number of carboxylic acid groups (broad SMARTS) is 2.